The van der Waals surface area contributed by atoms with E-state index < -0.39 is 0 Å². The molecule has 6 nitrogen and oxygen atoms in total. The van der Waals surface area contributed by atoms with Crippen LogP contribution in [0.15, 0.2) is 48.5 Å². The maximum Gasteiger partial charge on any atom is 0.238 e. The summed E-state index contributed by atoms with van der Waals surface area (Å²) < 4.78 is 0. The lowest BCUT2D eigenvalue weighted by Crippen LogP contribution is -2.44. The smallest absolute Gasteiger partial charge is 0.238 e. The summed E-state index contributed by atoms with van der Waals surface area (Å²) in [6.07, 6.45) is 1.45. The Hall–Kier alpha value is -2.70. The minimum atomic E-state index is -0.200. The predicted molar refractivity (Wildman–Crippen MR) is 122 cm³/mol. The van der Waals surface area contributed by atoms with Crippen LogP contribution < -0.4 is 10.6 Å². The van der Waals surface area contributed by atoms with Crippen LogP contribution >= 0.6 is 11.6 Å². The number of nitrogens with zero attached hydrogens (tertiary/aromatic N) is 1. The van der Waals surface area contributed by atoms with E-state index >= 15 is 0 Å². The molecule has 0 radical (unpaired) electrons. The zero-order valence-corrected chi connectivity index (χ0v) is 18.6. The summed E-state index contributed by atoms with van der Waals surface area (Å²) in [6.45, 7) is 5.47. The summed E-state index contributed by atoms with van der Waals surface area (Å²) in [5, 5.41) is 6.24. The number of hydrogen-bond donors (Lipinski definition) is 2. The van der Waals surface area contributed by atoms with E-state index in [9.17, 15) is 14.4 Å². The van der Waals surface area contributed by atoms with Gasteiger partial charge in [-0.3, -0.25) is 19.3 Å². The number of carbonyl (C=O) groups is 3. The van der Waals surface area contributed by atoms with Crippen molar-refractivity contribution in [2.24, 2.45) is 5.92 Å². The first-order valence-corrected chi connectivity index (χ1v) is 10.9. The van der Waals surface area contributed by atoms with Gasteiger partial charge >= 0.3 is 0 Å². The molecule has 164 valence electrons. The van der Waals surface area contributed by atoms with Crippen molar-refractivity contribution in [3.8, 4) is 0 Å². The van der Waals surface area contributed by atoms with Gasteiger partial charge in [0.15, 0.2) is 5.78 Å². The molecular weight excluding hydrogens is 414 g/mol. The molecule has 1 saturated heterocycles. The van der Waals surface area contributed by atoms with E-state index in [1.54, 1.807) is 42.5 Å². The van der Waals surface area contributed by atoms with Gasteiger partial charge < -0.3 is 10.6 Å². The molecule has 1 aliphatic rings. The highest BCUT2D eigenvalue weighted by Crippen LogP contribution is 2.24. The maximum atomic E-state index is 12.9. The Labute approximate surface area is 188 Å². The Kier molecular flexibility index (Phi) is 7.82. The van der Waals surface area contributed by atoms with Gasteiger partial charge in [-0.1, -0.05) is 41.9 Å². The van der Waals surface area contributed by atoms with Crippen LogP contribution in [0.3, 0.4) is 0 Å². The number of ketones is 1. The van der Waals surface area contributed by atoms with Crippen LogP contribution in [0.1, 0.15) is 42.6 Å². The molecular formula is C24H28ClN3O3. The third-order valence-corrected chi connectivity index (χ3v) is 5.53. The third-order valence-electron chi connectivity index (χ3n) is 5.29. The monoisotopic (exact) mass is 441 g/mol. The summed E-state index contributed by atoms with van der Waals surface area (Å²) in [6, 6.07) is 13.9. The zero-order chi connectivity index (χ0) is 22.4. The largest absolute Gasteiger partial charge is 0.354 e. The van der Waals surface area contributed by atoms with Gasteiger partial charge in [0.05, 0.1) is 12.2 Å². The van der Waals surface area contributed by atoms with Crippen LogP contribution in [0.2, 0.25) is 5.02 Å². The van der Waals surface area contributed by atoms with E-state index in [0.29, 0.717) is 34.9 Å². The minimum absolute atomic E-state index is 0.00641. The van der Waals surface area contributed by atoms with Gasteiger partial charge in [0.2, 0.25) is 11.8 Å². The highest BCUT2D eigenvalue weighted by Gasteiger charge is 2.26. The summed E-state index contributed by atoms with van der Waals surface area (Å²) >= 11 is 6.11. The van der Waals surface area contributed by atoms with Gasteiger partial charge in [-0.05, 0) is 58.0 Å². The standard InChI is InChI=1S/C24H28ClN3O3/c1-16(2)26-24(31)18-10-12-28(13-11-18)15-22(29)27-21-9-8-19(25)14-20(21)23(30)17-6-4-3-5-7-17/h3-9,14,16,18H,10-13,15H2,1-2H3,(H,26,31)(H,27,29). The number of nitrogens with one attached hydrogen (secondary N) is 2. The first-order valence-electron chi connectivity index (χ1n) is 10.6. The molecule has 1 aliphatic heterocycles. The van der Waals surface area contributed by atoms with Gasteiger partial charge in [-0.2, -0.15) is 0 Å². The molecule has 0 aliphatic carbocycles. The first kappa shape index (κ1) is 23.0. The molecule has 1 fully saturated rings. The van der Waals surface area contributed by atoms with Crippen LogP contribution in [-0.4, -0.2) is 48.2 Å². The Bertz CT molecular complexity index is 938. The lowest BCUT2D eigenvalue weighted by molar-refractivity contribution is -0.127. The molecule has 3 rings (SSSR count). The Balaban J connectivity index is 1.60. The van der Waals surface area contributed by atoms with Crippen molar-refractivity contribution in [1.82, 2.24) is 10.2 Å². The average Bonchev–Trinajstić information content (AvgIpc) is 2.75. The van der Waals surface area contributed by atoms with E-state index in [2.05, 4.69) is 10.6 Å². The molecule has 0 spiro atoms. The summed E-state index contributed by atoms with van der Waals surface area (Å²) in [5.74, 6) is -0.317. The fourth-order valence-corrected chi connectivity index (χ4v) is 3.88. The molecule has 2 N–H and O–H groups in total. The summed E-state index contributed by atoms with van der Waals surface area (Å²) in [5.41, 5.74) is 1.33. The number of hydrogen-bond acceptors (Lipinski definition) is 4. The van der Waals surface area contributed by atoms with E-state index in [1.165, 1.54) is 0 Å². The van der Waals surface area contributed by atoms with Gasteiger partial charge in [0.1, 0.15) is 0 Å². The number of amides is 2. The number of benzene rings is 2. The molecule has 31 heavy (non-hydrogen) atoms. The van der Waals surface area contributed by atoms with Gasteiger partial charge in [-0.25, -0.2) is 0 Å². The van der Waals surface area contributed by atoms with E-state index in [-0.39, 0.29) is 36.1 Å². The number of piperidine rings is 1. The van der Waals surface area contributed by atoms with E-state index in [4.69, 9.17) is 11.6 Å². The molecule has 0 saturated carbocycles. The lowest BCUT2D eigenvalue weighted by Gasteiger charge is -2.31. The fourth-order valence-electron chi connectivity index (χ4n) is 3.71. The van der Waals surface area contributed by atoms with Gasteiger partial charge in [-0.15, -0.1) is 0 Å². The Morgan fingerprint density at radius 1 is 1.06 bits per heavy atom. The van der Waals surface area contributed by atoms with Crippen LogP contribution in [0, 0.1) is 5.92 Å². The predicted octanol–water partition coefficient (Wildman–Crippen LogP) is 3.75. The molecule has 0 aromatic heterocycles. The SMILES string of the molecule is CC(C)NC(=O)C1CCN(CC(=O)Nc2ccc(Cl)cc2C(=O)c2ccccc2)CC1. The molecule has 0 bridgehead atoms. The normalized spacial score (nSPS) is 15.0. The van der Waals surface area contributed by atoms with Crippen molar-refractivity contribution in [3.63, 3.8) is 0 Å². The third kappa shape index (κ3) is 6.39. The quantitative estimate of drug-likeness (QED) is 0.641. The number of likely N-dealkylation sites (tertiary alicyclic amines) is 1. The summed E-state index contributed by atoms with van der Waals surface area (Å²) in [4.78, 5) is 39.8. The average molecular weight is 442 g/mol. The fraction of sp³-hybridized carbons (Fsp3) is 0.375. The topological polar surface area (TPSA) is 78.5 Å². The Morgan fingerprint density at radius 2 is 1.74 bits per heavy atom. The van der Waals surface area contributed by atoms with Crippen LogP contribution in [0.4, 0.5) is 5.69 Å². The van der Waals surface area contributed by atoms with Crippen molar-refractivity contribution in [2.75, 3.05) is 25.0 Å². The highest BCUT2D eigenvalue weighted by atomic mass is 35.5. The molecule has 0 atom stereocenters. The van der Waals surface area contributed by atoms with Crippen LogP contribution in [0.25, 0.3) is 0 Å². The van der Waals surface area contributed by atoms with Crippen molar-refractivity contribution in [2.45, 2.75) is 32.7 Å². The van der Waals surface area contributed by atoms with Gasteiger partial charge in [0, 0.05) is 28.1 Å². The van der Waals surface area contributed by atoms with Crippen molar-refractivity contribution < 1.29 is 14.4 Å². The number of rotatable bonds is 7. The van der Waals surface area contributed by atoms with Crippen LogP contribution in [-0.2, 0) is 9.59 Å². The zero-order valence-electron chi connectivity index (χ0n) is 17.9. The second-order valence-electron chi connectivity index (χ2n) is 8.15. The highest BCUT2D eigenvalue weighted by molar-refractivity contribution is 6.31. The molecule has 7 heteroatoms. The second-order valence-corrected chi connectivity index (χ2v) is 8.58. The Morgan fingerprint density at radius 3 is 2.39 bits per heavy atom. The van der Waals surface area contributed by atoms with E-state index in [0.717, 1.165) is 12.8 Å². The second kappa shape index (κ2) is 10.6. The van der Waals surface area contributed by atoms with Crippen molar-refractivity contribution in [3.05, 3.63) is 64.7 Å². The summed E-state index contributed by atoms with van der Waals surface area (Å²) in [7, 11) is 0. The van der Waals surface area contributed by atoms with Gasteiger partial charge in [0.25, 0.3) is 0 Å². The van der Waals surface area contributed by atoms with Crippen molar-refractivity contribution in [1.29, 1.82) is 0 Å². The minimum Gasteiger partial charge on any atom is -0.354 e. The number of anilines is 1. The number of carbonyl (C=O) groups excluding carboxylic acids is 3. The van der Waals surface area contributed by atoms with Crippen molar-refractivity contribution >= 4 is 34.9 Å². The molecule has 2 amide bonds. The first-order chi connectivity index (χ1) is 14.8. The lowest BCUT2D eigenvalue weighted by atomic mass is 9.95. The molecule has 0 unspecified atom stereocenters. The molecule has 1 heterocycles. The number of halogens is 1. The van der Waals surface area contributed by atoms with Crippen LogP contribution in [0.5, 0.6) is 0 Å². The van der Waals surface area contributed by atoms with E-state index in [1.807, 2.05) is 24.8 Å². The maximum absolute atomic E-state index is 12.9. The molecule has 2 aromatic rings. The molecule has 2 aromatic carbocycles.